The molecule has 1 aliphatic carbocycles. The molecular weight excluding hydrogens is 250 g/mol. The van der Waals surface area contributed by atoms with Crippen LogP contribution in [0.4, 0.5) is 0 Å². The molecule has 0 aromatic carbocycles. The molecule has 1 atom stereocenters. The summed E-state index contributed by atoms with van der Waals surface area (Å²) in [6.45, 7) is 2.02. The summed E-state index contributed by atoms with van der Waals surface area (Å²) in [5.41, 5.74) is -0.312. The van der Waals surface area contributed by atoms with Crippen LogP contribution in [0.1, 0.15) is 45.4 Å². The predicted molar refractivity (Wildman–Crippen MR) is 73.8 cm³/mol. The highest BCUT2D eigenvalue weighted by atomic mass is 32.2. The molecule has 1 saturated carbocycles. The van der Waals surface area contributed by atoms with Gasteiger partial charge >= 0.3 is 5.97 Å². The quantitative estimate of drug-likeness (QED) is 0.747. The van der Waals surface area contributed by atoms with Crippen molar-refractivity contribution in [1.82, 2.24) is 5.32 Å². The number of hydrogen-bond acceptors (Lipinski definition) is 3. The van der Waals surface area contributed by atoms with Crippen molar-refractivity contribution in [3.05, 3.63) is 0 Å². The topological polar surface area (TPSA) is 66.4 Å². The van der Waals surface area contributed by atoms with E-state index in [4.69, 9.17) is 5.11 Å². The maximum Gasteiger partial charge on any atom is 0.326 e. The molecule has 0 aromatic rings. The molecule has 1 fully saturated rings. The van der Waals surface area contributed by atoms with E-state index < -0.39 is 12.0 Å². The van der Waals surface area contributed by atoms with Crippen LogP contribution < -0.4 is 5.32 Å². The summed E-state index contributed by atoms with van der Waals surface area (Å²) in [5.74, 6) is -0.242. The third kappa shape index (κ3) is 3.64. The molecule has 1 amide bonds. The minimum Gasteiger partial charge on any atom is -0.480 e. The van der Waals surface area contributed by atoms with Crippen molar-refractivity contribution in [1.29, 1.82) is 0 Å². The van der Waals surface area contributed by atoms with Crippen LogP contribution in [0.15, 0.2) is 0 Å². The highest BCUT2D eigenvalue weighted by Gasteiger charge is 2.40. The Morgan fingerprint density at radius 3 is 2.44 bits per heavy atom. The van der Waals surface area contributed by atoms with Gasteiger partial charge in [-0.3, -0.25) is 4.79 Å². The maximum atomic E-state index is 12.3. The van der Waals surface area contributed by atoms with Crippen molar-refractivity contribution in [3.63, 3.8) is 0 Å². The Bertz CT molecular complexity index is 301. The van der Waals surface area contributed by atoms with E-state index in [2.05, 4.69) is 5.32 Å². The van der Waals surface area contributed by atoms with Gasteiger partial charge in [0, 0.05) is 5.41 Å². The van der Waals surface area contributed by atoms with Gasteiger partial charge in [-0.1, -0.05) is 19.8 Å². The van der Waals surface area contributed by atoms with Crippen LogP contribution in [-0.2, 0) is 9.59 Å². The minimum absolute atomic E-state index is 0.0593. The molecule has 0 spiro atoms. The molecule has 4 nitrogen and oxygen atoms in total. The van der Waals surface area contributed by atoms with Gasteiger partial charge in [0.15, 0.2) is 0 Å². The first-order valence-corrected chi connectivity index (χ1v) is 7.98. The van der Waals surface area contributed by atoms with Crippen LogP contribution >= 0.6 is 11.8 Å². The van der Waals surface area contributed by atoms with Gasteiger partial charge < -0.3 is 10.4 Å². The van der Waals surface area contributed by atoms with Crippen LogP contribution in [0, 0.1) is 5.41 Å². The summed E-state index contributed by atoms with van der Waals surface area (Å²) in [6.07, 6.45) is 7.16. The molecule has 0 unspecified atom stereocenters. The molecule has 104 valence electrons. The number of carbonyl (C=O) groups excluding carboxylic acids is 1. The average Bonchev–Trinajstić information content (AvgIpc) is 2.83. The number of nitrogens with one attached hydrogen (secondary N) is 1. The van der Waals surface area contributed by atoms with E-state index in [1.54, 1.807) is 11.8 Å². The number of amides is 1. The Labute approximate surface area is 113 Å². The summed E-state index contributed by atoms with van der Waals surface area (Å²) >= 11 is 1.60. The van der Waals surface area contributed by atoms with Gasteiger partial charge in [-0.25, -0.2) is 4.79 Å². The molecule has 18 heavy (non-hydrogen) atoms. The highest BCUT2D eigenvalue weighted by molar-refractivity contribution is 7.98. The third-order valence-corrected chi connectivity index (χ3v) is 4.58. The minimum atomic E-state index is -0.929. The van der Waals surface area contributed by atoms with Gasteiger partial charge in [-0.15, -0.1) is 0 Å². The molecule has 1 aliphatic rings. The lowest BCUT2D eigenvalue weighted by molar-refractivity contribution is -0.144. The molecule has 0 aromatic heterocycles. The number of hydrogen-bond donors (Lipinski definition) is 2. The summed E-state index contributed by atoms with van der Waals surface area (Å²) in [7, 11) is 0. The standard InChI is InChI=1S/C13H23NO3S/c1-3-13(7-4-5-8-13)12(17)14-10(11(15)16)6-9-18-2/h10H,3-9H2,1-2H3,(H,14,17)(H,15,16)/t10-/m1/s1. The van der Waals surface area contributed by atoms with E-state index in [-0.39, 0.29) is 11.3 Å². The van der Waals surface area contributed by atoms with Crippen LogP contribution in [0.5, 0.6) is 0 Å². The van der Waals surface area contributed by atoms with Crippen molar-refractivity contribution in [2.75, 3.05) is 12.0 Å². The molecule has 5 heteroatoms. The first-order chi connectivity index (χ1) is 8.55. The molecule has 2 N–H and O–H groups in total. The van der Waals surface area contributed by atoms with E-state index in [0.29, 0.717) is 6.42 Å². The molecule has 0 heterocycles. The second-order valence-corrected chi connectivity index (χ2v) is 5.97. The van der Waals surface area contributed by atoms with Crippen LogP contribution in [0.3, 0.4) is 0 Å². The van der Waals surface area contributed by atoms with Crippen molar-refractivity contribution >= 4 is 23.6 Å². The predicted octanol–water partition coefficient (Wildman–Crippen LogP) is 2.28. The molecule has 0 aliphatic heterocycles. The van der Waals surface area contributed by atoms with Crippen LogP contribution in [-0.4, -0.2) is 35.0 Å². The third-order valence-electron chi connectivity index (χ3n) is 3.93. The fourth-order valence-corrected chi connectivity index (χ4v) is 3.07. The molecule has 0 saturated heterocycles. The summed E-state index contributed by atoms with van der Waals surface area (Å²) < 4.78 is 0. The average molecular weight is 273 g/mol. The maximum absolute atomic E-state index is 12.3. The Kier molecular flexibility index (Phi) is 5.99. The first-order valence-electron chi connectivity index (χ1n) is 6.58. The summed E-state index contributed by atoms with van der Waals surface area (Å²) in [6, 6.07) is -0.742. The molecule has 1 rings (SSSR count). The lowest BCUT2D eigenvalue weighted by Gasteiger charge is -2.28. The zero-order valence-electron chi connectivity index (χ0n) is 11.2. The normalized spacial score (nSPS) is 19.4. The highest BCUT2D eigenvalue weighted by Crippen LogP contribution is 2.41. The zero-order valence-corrected chi connectivity index (χ0v) is 12.0. The molecular formula is C13H23NO3S. The second kappa shape index (κ2) is 7.02. The fraction of sp³-hybridized carbons (Fsp3) is 0.846. The Balaban J connectivity index is 2.62. The van der Waals surface area contributed by atoms with E-state index in [1.165, 1.54) is 0 Å². The molecule has 0 bridgehead atoms. The van der Waals surface area contributed by atoms with Crippen LogP contribution in [0.25, 0.3) is 0 Å². The number of carboxylic acids is 1. The number of aliphatic carboxylic acids is 1. The van der Waals surface area contributed by atoms with Gasteiger partial charge in [0.05, 0.1) is 0 Å². The lowest BCUT2D eigenvalue weighted by atomic mass is 9.82. The van der Waals surface area contributed by atoms with Gasteiger partial charge in [-0.05, 0) is 37.7 Å². The van der Waals surface area contributed by atoms with Gasteiger partial charge in [0.1, 0.15) is 6.04 Å². The Hall–Kier alpha value is -0.710. The number of thioether (sulfide) groups is 1. The summed E-state index contributed by atoms with van der Waals surface area (Å²) in [4.78, 5) is 23.4. The van der Waals surface area contributed by atoms with Crippen molar-refractivity contribution in [2.24, 2.45) is 5.41 Å². The number of carboxylic acid groups (broad SMARTS) is 1. The van der Waals surface area contributed by atoms with E-state index in [0.717, 1.165) is 37.9 Å². The van der Waals surface area contributed by atoms with Gasteiger partial charge in [0.25, 0.3) is 0 Å². The second-order valence-electron chi connectivity index (χ2n) is 4.99. The van der Waals surface area contributed by atoms with Crippen molar-refractivity contribution < 1.29 is 14.7 Å². The Morgan fingerprint density at radius 1 is 1.39 bits per heavy atom. The SMILES string of the molecule is CCC1(C(=O)N[C@H](CCSC)C(=O)O)CCCC1. The van der Waals surface area contributed by atoms with Gasteiger partial charge in [-0.2, -0.15) is 11.8 Å². The van der Waals surface area contributed by atoms with Gasteiger partial charge in [0.2, 0.25) is 5.91 Å². The largest absolute Gasteiger partial charge is 0.480 e. The first kappa shape index (κ1) is 15.3. The van der Waals surface area contributed by atoms with E-state index in [1.807, 2.05) is 13.2 Å². The van der Waals surface area contributed by atoms with Crippen molar-refractivity contribution in [3.8, 4) is 0 Å². The zero-order chi connectivity index (χ0) is 13.6. The van der Waals surface area contributed by atoms with Crippen LogP contribution in [0.2, 0.25) is 0 Å². The Morgan fingerprint density at radius 2 is 2.00 bits per heavy atom. The molecule has 0 radical (unpaired) electrons. The lowest BCUT2D eigenvalue weighted by Crippen LogP contribution is -2.47. The smallest absolute Gasteiger partial charge is 0.326 e. The number of rotatable bonds is 7. The number of carbonyl (C=O) groups is 2. The summed E-state index contributed by atoms with van der Waals surface area (Å²) in [5, 5.41) is 11.9. The van der Waals surface area contributed by atoms with E-state index in [9.17, 15) is 9.59 Å². The monoisotopic (exact) mass is 273 g/mol. The van der Waals surface area contributed by atoms with Crippen molar-refractivity contribution in [2.45, 2.75) is 51.5 Å². The fourth-order valence-electron chi connectivity index (χ4n) is 2.60. The van der Waals surface area contributed by atoms with E-state index >= 15 is 0 Å².